The van der Waals surface area contributed by atoms with Crippen LogP contribution in [0.25, 0.3) is 0 Å². The molecule has 0 bridgehead atoms. The zero-order valence-corrected chi connectivity index (χ0v) is 29.9. The minimum absolute atomic E-state index is 0.000333. The lowest BCUT2D eigenvalue weighted by atomic mass is 9.86. The van der Waals surface area contributed by atoms with Crippen molar-refractivity contribution in [2.24, 2.45) is 5.41 Å². The fourth-order valence-corrected chi connectivity index (χ4v) is 4.33. The van der Waals surface area contributed by atoms with E-state index < -0.39 is 36.0 Å². The molecule has 3 N–H and O–H groups in total. The number of hydrogen-bond donors (Lipinski definition) is 3. The van der Waals surface area contributed by atoms with Gasteiger partial charge in [-0.1, -0.05) is 87.6 Å². The number of nitrogens with zero attached hydrogens (tertiary/aromatic N) is 1. The van der Waals surface area contributed by atoms with Gasteiger partial charge in [0.05, 0.1) is 24.2 Å². The maximum atomic E-state index is 12.8. The highest BCUT2D eigenvalue weighted by Crippen LogP contribution is 2.24. The standard InChI is InChI=1S/C38H53N3O7S/c1-4-5-6-7-8-9-10-11-12-13-14-15-16-17-18-19-20-21-24-34(44)48-49-29-28-40-33(43)25-27-41-36(45)35(38(2,3)31-42)47-37(46)32-23-22-26-39-30-32/h5-6,8-9,11-12,14-15,17-18,21-24,26,30,35,42H,4,7,10,13,16,19-20,25,27-29,31H2,1-3H3,(H,40,43)(H,41,45)/b6-5?,9-8?,12-11?,15-14?,18-17?,24-21+. The average molecular weight is 696 g/mol. The second-order valence-electron chi connectivity index (χ2n) is 11.5. The number of carbonyl (C=O) groups excluding carboxylic acids is 4. The van der Waals surface area contributed by atoms with Gasteiger partial charge in [-0.2, -0.15) is 0 Å². The molecule has 0 aliphatic carbocycles. The van der Waals surface area contributed by atoms with Gasteiger partial charge < -0.3 is 24.7 Å². The average Bonchev–Trinajstić information content (AvgIpc) is 3.10. The van der Waals surface area contributed by atoms with Crippen molar-refractivity contribution in [3.8, 4) is 0 Å². The number of carbonyl (C=O) groups is 4. The molecule has 0 aliphatic rings. The Balaban J connectivity index is 2.14. The zero-order chi connectivity index (χ0) is 36.0. The van der Waals surface area contributed by atoms with E-state index in [1.165, 1.54) is 24.5 Å². The lowest BCUT2D eigenvalue weighted by Gasteiger charge is -2.30. The molecule has 1 atom stereocenters. The Kier molecular flexibility index (Phi) is 24.2. The molecule has 1 aromatic heterocycles. The summed E-state index contributed by atoms with van der Waals surface area (Å²) in [6, 6.07) is 3.07. The highest BCUT2D eigenvalue weighted by molar-refractivity contribution is 7.95. The molecule has 0 aliphatic heterocycles. The first-order chi connectivity index (χ1) is 23.7. The van der Waals surface area contributed by atoms with Crippen LogP contribution < -0.4 is 10.6 Å². The molecule has 0 spiro atoms. The number of aliphatic hydroxyl groups is 1. The minimum Gasteiger partial charge on any atom is -0.448 e. The number of ether oxygens (including phenoxy) is 1. The first-order valence-corrected chi connectivity index (χ1v) is 17.6. The molecule has 49 heavy (non-hydrogen) atoms. The number of esters is 1. The summed E-state index contributed by atoms with van der Waals surface area (Å²) >= 11 is 0.941. The first kappa shape index (κ1) is 42.8. The van der Waals surface area contributed by atoms with Crippen molar-refractivity contribution in [3.63, 3.8) is 0 Å². The van der Waals surface area contributed by atoms with E-state index in [9.17, 15) is 24.3 Å². The molecule has 1 heterocycles. The van der Waals surface area contributed by atoms with Gasteiger partial charge in [0.15, 0.2) is 6.10 Å². The molecule has 2 amide bonds. The molecule has 0 saturated heterocycles. The van der Waals surface area contributed by atoms with Crippen LogP contribution in [-0.4, -0.2) is 65.4 Å². The Hall–Kier alpha value is -4.22. The van der Waals surface area contributed by atoms with Crippen LogP contribution in [0.4, 0.5) is 0 Å². The second kappa shape index (κ2) is 27.7. The van der Waals surface area contributed by atoms with Crippen LogP contribution in [0.1, 0.15) is 82.5 Å². The van der Waals surface area contributed by atoms with Gasteiger partial charge in [0, 0.05) is 49.1 Å². The van der Waals surface area contributed by atoms with Crippen LogP contribution in [0, 0.1) is 5.41 Å². The van der Waals surface area contributed by atoms with E-state index in [1.54, 1.807) is 26.0 Å². The normalized spacial score (nSPS) is 12.9. The number of allylic oxidation sites excluding steroid dienone is 11. The Bertz CT molecular complexity index is 1290. The lowest BCUT2D eigenvalue weighted by molar-refractivity contribution is -0.138. The van der Waals surface area contributed by atoms with Gasteiger partial charge in [0.1, 0.15) is 0 Å². The molecule has 0 aromatic carbocycles. The van der Waals surface area contributed by atoms with Gasteiger partial charge >= 0.3 is 11.9 Å². The smallest absolute Gasteiger partial charge is 0.342 e. The number of nitrogens with one attached hydrogen (secondary N) is 2. The highest BCUT2D eigenvalue weighted by Gasteiger charge is 2.38. The largest absolute Gasteiger partial charge is 0.448 e. The van der Waals surface area contributed by atoms with Gasteiger partial charge in [0.25, 0.3) is 5.91 Å². The molecule has 0 radical (unpaired) electrons. The van der Waals surface area contributed by atoms with Crippen LogP contribution in [-0.2, 0) is 23.3 Å². The third kappa shape index (κ3) is 22.1. The van der Waals surface area contributed by atoms with Gasteiger partial charge in [-0.05, 0) is 57.1 Å². The number of pyridine rings is 1. The van der Waals surface area contributed by atoms with E-state index in [0.29, 0.717) is 5.75 Å². The van der Waals surface area contributed by atoms with E-state index >= 15 is 0 Å². The van der Waals surface area contributed by atoms with Gasteiger partial charge in [-0.3, -0.25) is 14.6 Å². The molecular weight excluding hydrogens is 642 g/mol. The third-order valence-corrected chi connectivity index (χ3v) is 7.34. The predicted octanol–water partition coefficient (Wildman–Crippen LogP) is 6.53. The fraction of sp³-hybridized carbons (Fsp3) is 0.447. The Morgan fingerprint density at radius 1 is 0.878 bits per heavy atom. The van der Waals surface area contributed by atoms with E-state index in [1.807, 2.05) is 0 Å². The summed E-state index contributed by atoms with van der Waals surface area (Å²) in [5, 5.41) is 15.0. The predicted molar refractivity (Wildman–Crippen MR) is 196 cm³/mol. The molecule has 1 unspecified atom stereocenters. The summed E-state index contributed by atoms with van der Waals surface area (Å²) in [6.07, 6.45) is 32.6. The first-order valence-electron chi connectivity index (χ1n) is 16.7. The topological polar surface area (TPSA) is 144 Å². The number of aromatic nitrogens is 1. The molecular formula is C38H53N3O7S. The van der Waals surface area contributed by atoms with Crippen LogP contribution in [0.15, 0.2) is 97.4 Å². The summed E-state index contributed by atoms with van der Waals surface area (Å²) < 4.78 is 10.5. The molecule has 268 valence electrons. The van der Waals surface area contributed by atoms with Gasteiger partial charge in [0.2, 0.25) is 5.91 Å². The monoisotopic (exact) mass is 695 g/mol. The Labute approximate surface area is 296 Å². The number of aliphatic hydroxyl groups excluding tert-OH is 1. The van der Waals surface area contributed by atoms with E-state index in [0.717, 1.165) is 57.0 Å². The van der Waals surface area contributed by atoms with E-state index in [-0.39, 0.29) is 31.0 Å². The number of rotatable bonds is 25. The summed E-state index contributed by atoms with van der Waals surface area (Å²) in [4.78, 5) is 53.1. The van der Waals surface area contributed by atoms with Crippen LogP contribution >= 0.6 is 12.0 Å². The second-order valence-corrected chi connectivity index (χ2v) is 12.3. The maximum Gasteiger partial charge on any atom is 0.342 e. The summed E-state index contributed by atoms with van der Waals surface area (Å²) in [5.41, 5.74) is -0.894. The molecule has 1 aromatic rings. The van der Waals surface area contributed by atoms with Crippen molar-refractivity contribution >= 4 is 35.8 Å². The van der Waals surface area contributed by atoms with Crippen LogP contribution in [0.5, 0.6) is 0 Å². The van der Waals surface area contributed by atoms with Crippen molar-refractivity contribution in [3.05, 3.63) is 103 Å². The SMILES string of the molecule is CCC=CCC=CCC=CCC=CCC=CCC/C=C/C(=O)OSCCNC(=O)CCNC(=O)C(OC(=O)c1cccnc1)C(C)(C)CO. The Morgan fingerprint density at radius 3 is 2.08 bits per heavy atom. The van der Waals surface area contributed by atoms with Crippen molar-refractivity contribution < 1.29 is 33.2 Å². The molecule has 0 fully saturated rings. The molecule has 1 rings (SSSR count). The highest BCUT2D eigenvalue weighted by atomic mass is 32.2. The van der Waals surface area contributed by atoms with E-state index in [2.05, 4.69) is 83.3 Å². The van der Waals surface area contributed by atoms with Crippen molar-refractivity contribution in [2.45, 2.75) is 78.2 Å². The van der Waals surface area contributed by atoms with Gasteiger partial charge in [-0.15, -0.1) is 0 Å². The third-order valence-electron chi connectivity index (χ3n) is 6.69. The summed E-state index contributed by atoms with van der Waals surface area (Å²) in [5.74, 6) is -1.80. The maximum absolute atomic E-state index is 12.8. The van der Waals surface area contributed by atoms with Crippen molar-refractivity contribution in [2.75, 3.05) is 25.4 Å². The Morgan fingerprint density at radius 2 is 1.49 bits per heavy atom. The fourth-order valence-electron chi connectivity index (χ4n) is 3.89. The molecule has 0 saturated carbocycles. The summed E-state index contributed by atoms with van der Waals surface area (Å²) in [7, 11) is 0. The molecule has 11 heteroatoms. The van der Waals surface area contributed by atoms with Crippen LogP contribution in [0.3, 0.4) is 0 Å². The minimum atomic E-state index is -1.29. The van der Waals surface area contributed by atoms with Crippen LogP contribution in [0.2, 0.25) is 0 Å². The van der Waals surface area contributed by atoms with Gasteiger partial charge in [-0.25, -0.2) is 9.59 Å². The number of amides is 2. The van der Waals surface area contributed by atoms with E-state index in [4.69, 9.17) is 8.92 Å². The summed E-state index contributed by atoms with van der Waals surface area (Å²) in [6.45, 7) is 5.17. The quantitative estimate of drug-likeness (QED) is 0.0342. The number of unbranched alkanes of at least 4 members (excludes halogenated alkanes) is 1. The van der Waals surface area contributed by atoms with Crippen molar-refractivity contribution in [1.29, 1.82) is 0 Å². The molecule has 10 nitrogen and oxygen atoms in total. The lowest BCUT2D eigenvalue weighted by Crippen LogP contribution is -2.48. The van der Waals surface area contributed by atoms with Crippen molar-refractivity contribution in [1.82, 2.24) is 15.6 Å². The number of hydrogen-bond acceptors (Lipinski definition) is 9. The zero-order valence-electron chi connectivity index (χ0n) is 29.1.